The van der Waals surface area contributed by atoms with Gasteiger partial charge in [-0.2, -0.15) is 0 Å². The summed E-state index contributed by atoms with van der Waals surface area (Å²) in [7, 11) is 0. The average molecular weight is 153 g/mol. The van der Waals surface area contributed by atoms with Crippen LogP contribution in [0.3, 0.4) is 0 Å². The molecule has 0 aliphatic rings. The van der Waals surface area contributed by atoms with Crippen molar-refractivity contribution in [2.24, 2.45) is 0 Å². The minimum absolute atomic E-state index is 0.189. The van der Waals surface area contributed by atoms with Crippen molar-refractivity contribution in [2.75, 3.05) is 6.61 Å². The Kier molecular flexibility index (Phi) is 2.86. The summed E-state index contributed by atoms with van der Waals surface area (Å²) in [6, 6.07) is 1.75. The number of rotatable bonds is 4. The Bertz CT molecular complexity index is 230. The zero-order valence-corrected chi connectivity index (χ0v) is 6.23. The third kappa shape index (κ3) is 2.20. The van der Waals surface area contributed by atoms with E-state index in [-0.39, 0.29) is 6.61 Å². The number of carbonyl (C=O) groups is 1. The Balaban J connectivity index is 2.51. The van der Waals surface area contributed by atoms with Crippen LogP contribution in [0.1, 0.15) is 16.8 Å². The van der Waals surface area contributed by atoms with Gasteiger partial charge >= 0.3 is 0 Å². The molecule has 0 bridgehead atoms. The smallest absolute Gasteiger partial charge is 0.151 e. The van der Waals surface area contributed by atoms with Gasteiger partial charge in [-0.15, -0.1) is 0 Å². The monoisotopic (exact) mass is 153 g/mol. The lowest BCUT2D eigenvalue weighted by Gasteiger charge is -1.97. The fourth-order valence-electron chi connectivity index (χ4n) is 0.921. The first kappa shape index (κ1) is 8.01. The Morgan fingerprint density at radius 3 is 3.00 bits per heavy atom. The summed E-state index contributed by atoms with van der Waals surface area (Å²) in [6.45, 7) is 0.957. The van der Waals surface area contributed by atoms with Gasteiger partial charge in [-0.1, -0.05) is 0 Å². The van der Waals surface area contributed by atoms with Crippen molar-refractivity contribution in [1.82, 2.24) is 4.57 Å². The van der Waals surface area contributed by atoms with Crippen molar-refractivity contribution in [1.29, 1.82) is 0 Å². The summed E-state index contributed by atoms with van der Waals surface area (Å²) < 4.78 is 1.89. The van der Waals surface area contributed by atoms with Gasteiger partial charge in [-0.05, 0) is 12.5 Å². The van der Waals surface area contributed by atoms with E-state index in [2.05, 4.69) is 0 Å². The van der Waals surface area contributed by atoms with Gasteiger partial charge in [0.25, 0.3) is 0 Å². The van der Waals surface area contributed by atoms with Gasteiger partial charge in [-0.3, -0.25) is 4.79 Å². The summed E-state index contributed by atoms with van der Waals surface area (Å²) in [5.74, 6) is 0. The number of hydrogen-bond donors (Lipinski definition) is 1. The van der Waals surface area contributed by atoms with Crippen LogP contribution in [0.25, 0.3) is 0 Å². The molecule has 0 aliphatic carbocycles. The minimum atomic E-state index is 0.189. The molecule has 1 aromatic rings. The first-order chi connectivity index (χ1) is 5.36. The van der Waals surface area contributed by atoms with Gasteiger partial charge in [0.2, 0.25) is 0 Å². The van der Waals surface area contributed by atoms with Gasteiger partial charge < -0.3 is 9.67 Å². The van der Waals surface area contributed by atoms with E-state index >= 15 is 0 Å². The van der Waals surface area contributed by atoms with E-state index in [9.17, 15) is 4.79 Å². The standard InChI is InChI=1S/C8H11NO2/c10-5-1-3-9-4-2-8(6-9)7-11/h2,4,6-7,10H,1,3,5H2. The summed E-state index contributed by atoms with van der Waals surface area (Å²) >= 11 is 0. The Labute approximate surface area is 65.3 Å². The quantitative estimate of drug-likeness (QED) is 0.646. The van der Waals surface area contributed by atoms with Gasteiger partial charge in [0, 0.05) is 31.1 Å². The molecule has 1 N–H and O–H groups in total. The zero-order valence-electron chi connectivity index (χ0n) is 6.23. The maximum absolute atomic E-state index is 10.2. The molecule has 0 amide bonds. The minimum Gasteiger partial charge on any atom is -0.396 e. The highest BCUT2D eigenvalue weighted by atomic mass is 16.3. The summed E-state index contributed by atoms with van der Waals surface area (Å²) in [6.07, 6.45) is 5.14. The van der Waals surface area contributed by atoms with Crippen LogP contribution in [-0.4, -0.2) is 22.6 Å². The van der Waals surface area contributed by atoms with Crippen LogP contribution in [0.4, 0.5) is 0 Å². The number of aldehydes is 1. The van der Waals surface area contributed by atoms with E-state index in [0.717, 1.165) is 19.3 Å². The van der Waals surface area contributed by atoms with E-state index in [0.29, 0.717) is 5.56 Å². The number of carbonyl (C=O) groups excluding carboxylic acids is 1. The third-order valence-corrected chi connectivity index (χ3v) is 1.48. The number of nitrogens with zero attached hydrogens (tertiary/aromatic N) is 1. The molecule has 3 nitrogen and oxygen atoms in total. The lowest BCUT2D eigenvalue weighted by molar-refractivity contribution is 0.112. The lowest BCUT2D eigenvalue weighted by atomic mass is 10.4. The van der Waals surface area contributed by atoms with Gasteiger partial charge in [-0.25, -0.2) is 0 Å². The Hall–Kier alpha value is -1.09. The van der Waals surface area contributed by atoms with Crippen LogP contribution in [-0.2, 0) is 6.54 Å². The molecule has 3 heteroatoms. The van der Waals surface area contributed by atoms with Gasteiger partial charge in [0.15, 0.2) is 6.29 Å². The molecule has 0 unspecified atom stereocenters. The van der Waals surface area contributed by atoms with E-state index in [1.54, 1.807) is 12.3 Å². The van der Waals surface area contributed by atoms with Crippen LogP contribution in [0.2, 0.25) is 0 Å². The van der Waals surface area contributed by atoms with E-state index in [4.69, 9.17) is 5.11 Å². The van der Waals surface area contributed by atoms with Crippen LogP contribution in [0.15, 0.2) is 18.5 Å². The molecule has 0 atom stereocenters. The molecule has 1 aromatic heterocycles. The molecule has 1 rings (SSSR count). The number of aryl methyl sites for hydroxylation is 1. The fourth-order valence-corrected chi connectivity index (χ4v) is 0.921. The molecular weight excluding hydrogens is 142 g/mol. The number of hydrogen-bond acceptors (Lipinski definition) is 2. The molecule has 11 heavy (non-hydrogen) atoms. The average Bonchev–Trinajstić information content (AvgIpc) is 2.48. The maximum Gasteiger partial charge on any atom is 0.151 e. The molecule has 0 aromatic carbocycles. The molecule has 0 radical (unpaired) electrons. The Morgan fingerprint density at radius 1 is 1.64 bits per heavy atom. The molecule has 0 saturated carbocycles. The molecule has 0 saturated heterocycles. The normalized spacial score (nSPS) is 9.91. The maximum atomic E-state index is 10.2. The first-order valence-corrected chi connectivity index (χ1v) is 3.58. The van der Waals surface area contributed by atoms with Crippen LogP contribution in [0.5, 0.6) is 0 Å². The van der Waals surface area contributed by atoms with Crippen molar-refractivity contribution in [3.8, 4) is 0 Å². The number of aromatic nitrogens is 1. The molecular formula is C8H11NO2. The van der Waals surface area contributed by atoms with Crippen molar-refractivity contribution in [3.63, 3.8) is 0 Å². The van der Waals surface area contributed by atoms with Crippen molar-refractivity contribution in [3.05, 3.63) is 24.0 Å². The largest absolute Gasteiger partial charge is 0.396 e. The van der Waals surface area contributed by atoms with Gasteiger partial charge in [0.05, 0.1) is 0 Å². The second-order valence-corrected chi connectivity index (χ2v) is 2.38. The van der Waals surface area contributed by atoms with E-state index < -0.39 is 0 Å². The third-order valence-electron chi connectivity index (χ3n) is 1.48. The van der Waals surface area contributed by atoms with Crippen LogP contribution < -0.4 is 0 Å². The van der Waals surface area contributed by atoms with E-state index in [1.165, 1.54) is 0 Å². The van der Waals surface area contributed by atoms with Crippen molar-refractivity contribution < 1.29 is 9.90 Å². The van der Waals surface area contributed by atoms with Crippen LogP contribution >= 0.6 is 0 Å². The highest BCUT2D eigenvalue weighted by Gasteiger charge is 1.93. The summed E-state index contributed by atoms with van der Waals surface area (Å²) in [4.78, 5) is 10.2. The number of aliphatic hydroxyl groups excluding tert-OH is 1. The summed E-state index contributed by atoms with van der Waals surface area (Å²) in [5.41, 5.74) is 0.683. The number of aliphatic hydroxyl groups is 1. The zero-order chi connectivity index (χ0) is 8.10. The highest BCUT2D eigenvalue weighted by molar-refractivity contribution is 5.74. The fraction of sp³-hybridized carbons (Fsp3) is 0.375. The molecule has 0 fully saturated rings. The van der Waals surface area contributed by atoms with E-state index in [1.807, 2.05) is 10.8 Å². The molecule has 0 spiro atoms. The topological polar surface area (TPSA) is 42.2 Å². The SMILES string of the molecule is O=Cc1ccn(CCCO)c1. The first-order valence-electron chi connectivity index (χ1n) is 3.58. The summed E-state index contributed by atoms with van der Waals surface area (Å²) in [5, 5.41) is 8.51. The van der Waals surface area contributed by atoms with Crippen molar-refractivity contribution >= 4 is 6.29 Å². The molecule has 60 valence electrons. The molecule has 0 aliphatic heterocycles. The van der Waals surface area contributed by atoms with Gasteiger partial charge in [0.1, 0.15) is 0 Å². The van der Waals surface area contributed by atoms with Crippen LogP contribution in [0, 0.1) is 0 Å². The lowest BCUT2D eigenvalue weighted by Crippen LogP contribution is -1.96. The second-order valence-electron chi connectivity index (χ2n) is 2.38. The molecule has 1 heterocycles. The second kappa shape index (κ2) is 3.93. The highest BCUT2D eigenvalue weighted by Crippen LogP contribution is 1.98. The predicted molar refractivity (Wildman–Crippen MR) is 41.5 cm³/mol. The predicted octanol–water partition coefficient (Wildman–Crippen LogP) is 0.683. The van der Waals surface area contributed by atoms with Crippen molar-refractivity contribution in [2.45, 2.75) is 13.0 Å². The Morgan fingerprint density at radius 2 is 2.45 bits per heavy atom.